The van der Waals surface area contributed by atoms with Crippen molar-refractivity contribution in [2.75, 3.05) is 0 Å². The van der Waals surface area contributed by atoms with E-state index in [0.717, 1.165) is 16.3 Å². The van der Waals surface area contributed by atoms with Gasteiger partial charge in [0.05, 0.1) is 10.4 Å². The molecule has 2 nitrogen and oxygen atoms in total. The lowest BCUT2D eigenvalue weighted by atomic mass is 9.88. The van der Waals surface area contributed by atoms with E-state index in [-0.39, 0.29) is 0 Å². The first kappa shape index (κ1) is 11.5. The molecule has 0 aromatic carbocycles. The van der Waals surface area contributed by atoms with Crippen molar-refractivity contribution in [3.63, 3.8) is 0 Å². The standard InChI is InChI=1S/C10H13ClO2S/c1-10(2,9(12)13)5-3-8-7(11)4-6-14-8/h4,6H,3,5H2,1-2H3,(H,12,13). The van der Waals surface area contributed by atoms with Crippen molar-refractivity contribution in [2.45, 2.75) is 26.7 Å². The van der Waals surface area contributed by atoms with Crippen LogP contribution in [0.4, 0.5) is 0 Å². The first-order chi connectivity index (χ1) is 6.43. The molecule has 0 aliphatic rings. The highest BCUT2D eigenvalue weighted by Crippen LogP contribution is 2.28. The molecule has 0 aliphatic heterocycles. The second-order valence-corrected chi connectivity index (χ2v) is 5.29. The molecule has 0 aliphatic carbocycles. The second kappa shape index (κ2) is 4.32. The number of hydrogen-bond acceptors (Lipinski definition) is 2. The fourth-order valence-corrected chi connectivity index (χ4v) is 2.17. The number of carboxylic acid groups (broad SMARTS) is 1. The van der Waals surface area contributed by atoms with E-state index >= 15 is 0 Å². The summed E-state index contributed by atoms with van der Waals surface area (Å²) in [5.41, 5.74) is -0.673. The van der Waals surface area contributed by atoms with Gasteiger partial charge < -0.3 is 5.11 Å². The Morgan fingerprint density at radius 3 is 2.71 bits per heavy atom. The molecule has 1 aromatic rings. The van der Waals surface area contributed by atoms with Crippen molar-refractivity contribution >= 4 is 28.9 Å². The molecular formula is C10H13ClO2S. The number of halogens is 1. The molecule has 14 heavy (non-hydrogen) atoms. The van der Waals surface area contributed by atoms with Gasteiger partial charge in [-0.25, -0.2) is 0 Å². The summed E-state index contributed by atoms with van der Waals surface area (Å²) in [7, 11) is 0. The van der Waals surface area contributed by atoms with Gasteiger partial charge in [0.1, 0.15) is 0 Å². The number of thiophene rings is 1. The third kappa shape index (κ3) is 2.72. The normalized spacial score (nSPS) is 11.6. The molecule has 0 saturated carbocycles. The molecule has 0 spiro atoms. The molecule has 0 bridgehead atoms. The van der Waals surface area contributed by atoms with Crippen molar-refractivity contribution in [1.82, 2.24) is 0 Å². The molecule has 0 amide bonds. The smallest absolute Gasteiger partial charge is 0.309 e. The van der Waals surface area contributed by atoms with E-state index in [4.69, 9.17) is 16.7 Å². The second-order valence-electron chi connectivity index (χ2n) is 3.88. The number of aryl methyl sites for hydroxylation is 1. The van der Waals surface area contributed by atoms with Gasteiger partial charge in [0.15, 0.2) is 0 Å². The van der Waals surface area contributed by atoms with Crippen LogP contribution in [0.2, 0.25) is 5.02 Å². The predicted molar refractivity (Wildman–Crippen MR) is 59.1 cm³/mol. The van der Waals surface area contributed by atoms with Crippen LogP contribution in [0, 0.1) is 5.41 Å². The minimum Gasteiger partial charge on any atom is -0.481 e. The zero-order valence-corrected chi connectivity index (χ0v) is 9.78. The first-order valence-electron chi connectivity index (χ1n) is 4.39. The van der Waals surface area contributed by atoms with Crippen LogP contribution < -0.4 is 0 Å². The molecular weight excluding hydrogens is 220 g/mol. The van der Waals surface area contributed by atoms with E-state index in [0.29, 0.717) is 6.42 Å². The molecule has 1 N–H and O–H groups in total. The van der Waals surface area contributed by atoms with Crippen LogP contribution in [-0.2, 0) is 11.2 Å². The summed E-state index contributed by atoms with van der Waals surface area (Å²) in [5, 5.41) is 11.6. The van der Waals surface area contributed by atoms with Crippen molar-refractivity contribution < 1.29 is 9.90 Å². The maximum atomic E-state index is 10.8. The van der Waals surface area contributed by atoms with Gasteiger partial charge >= 0.3 is 5.97 Å². The molecule has 0 radical (unpaired) electrons. The number of hydrogen-bond donors (Lipinski definition) is 1. The summed E-state index contributed by atoms with van der Waals surface area (Å²) in [6.07, 6.45) is 1.35. The molecule has 78 valence electrons. The summed E-state index contributed by atoms with van der Waals surface area (Å²) >= 11 is 7.49. The summed E-state index contributed by atoms with van der Waals surface area (Å²) in [6, 6.07) is 1.84. The van der Waals surface area contributed by atoms with E-state index < -0.39 is 11.4 Å². The lowest BCUT2D eigenvalue weighted by Gasteiger charge is -2.18. The minimum absolute atomic E-state index is 0.614. The molecule has 1 aromatic heterocycles. The monoisotopic (exact) mass is 232 g/mol. The fourth-order valence-electron chi connectivity index (χ4n) is 1.04. The zero-order valence-electron chi connectivity index (χ0n) is 8.21. The van der Waals surface area contributed by atoms with Gasteiger partial charge in [0.25, 0.3) is 0 Å². The van der Waals surface area contributed by atoms with Crippen LogP contribution in [0.5, 0.6) is 0 Å². The molecule has 0 fully saturated rings. The van der Waals surface area contributed by atoms with Crippen LogP contribution in [-0.4, -0.2) is 11.1 Å². The van der Waals surface area contributed by atoms with Crippen LogP contribution in [0.15, 0.2) is 11.4 Å². The van der Waals surface area contributed by atoms with Crippen molar-refractivity contribution in [2.24, 2.45) is 5.41 Å². The van der Waals surface area contributed by atoms with Gasteiger partial charge in [-0.1, -0.05) is 11.6 Å². The third-order valence-electron chi connectivity index (χ3n) is 2.25. The van der Waals surface area contributed by atoms with Crippen LogP contribution >= 0.6 is 22.9 Å². The molecule has 1 heterocycles. The lowest BCUT2D eigenvalue weighted by Crippen LogP contribution is -2.24. The van der Waals surface area contributed by atoms with E-state index in [1.165, 1.54) is 0 Å². The number of rotatable bonds is 4. The number of aliphatic carboxylic acids is 1. The van der Waals surface area contributed by atoms with Crippen molar-refractivity contribution in [3.8, 4) is 0 Å². The Balaban J connectivity index is 2.57. The SMILES string of the molecule is CC(C)(CCc1sccc1Cl)C(=O)O. The highest BCUT2D eigenvalue weighted by Gasteiger charge is 2.26. The summed E-state index contributed by atoms with van der Waals surface area (Å²) in [6.45, 7) is 3.47. The molecule has 0 saturated heterocycles. The predicted octanol–water partition coefficient (Wildman–Crippen LogP) is 3.44. The minimum atomic E-state index is -0.759. The highest BCUT2D eigenvalue weighted by molar-refractivity contribution is 7.10. The quantitative estimate of drug-likeness (QED) is 0.864. The average Bonchev–Trinajstić information content (AvgIpc) is 2.47. The summed E-state index contributed by atoms with van der Waals surface area (Å²) in [5.74, 6) is -0.759. The Labute approximate surface area is 92.5 Å². The van der Waals surface area contributed by atoms with Gasteiger partial charge in [-0.2, -0.15) is 0 Å². The Hall–Kier alpha value is -0.540. The topological polar surface area (TPSA) is 37.3 Å². The first-order valence-corrected chi connectivity index (χ1v) is 5.64. The molecule has 0 unspecified atom stereocenters. The van der Waals surface area contributed by atoms with Gasteiger partial charge in [-0.3, -0.25) is 4.79 Å². The average molecular weight is 233 g/mol. The maximum Gasteiger partial charge on any atom is 0.309 e. The Morgan fingerprint density at radius 2 is 2.29 bits per heavy atom. The van der Waals surface area contributed by atoms with Gasteiger partial charge in [0, 0.05) is 4.88 Å². The molecule has 4 heteroatoms. The Bertz CT molecular complexity index is 331. The van der Waals surface area contributed by atoms with Crippen LogP contribution in [0.25, 0.3) is 0 Å². The third-order valence-corrected chi connectivity index (χ3v) is 3.69. The van der Waals surface area contributed by atoms with Crippen molar-refractivity contribution in [3.05, 3.63) is 21.3 Å². The lowest BCUT2D eigenvalue weighted by molar-refractivity contribution is -0.147. The Morgan fingerprint density at radius 1 is 1.64 bits per heavy atom. The highest BCUT2D eigenvalue weighted by atomic mass is 35.5. The largest absolute Gasteiger partial charge is 0.481 e. The Kier molecular flexibility index (Phi) is 3.56. The van der Waals surface area contributed by atoms with E-state index in [9.17, 15) is 4.79 Å². The molecule has 1 rings (SSSR count). The fraction of sp³-hybridized carbons (Fsp3) is 0.500. The van der Waals surface area contributed by atoms with Gasteiger partial charge in [0.2, 0.25) is 0 Å². The van der Waals surface area contributed by atoms with Crippen LogP contribution in [0.1, 0.15) is 25.1 Å². The maximum absolute atomic E-state index is 10.8. The number of carboxylic acids is 1. The number of carbonyl (C=O) groups is 1. The van der Waals surface area contributed by atoms with Gasteiger partial charge in [-0.15, -0.1) is 11.3 Å². The molecule has 0 atom stereocenters. The summed E-state index contributed by atoms with van der Waals surface area (Å²) in [4.78, 5) is 11.9. The van der Waals surface area contributed by atoms with Crippen LogP contribution in [0.3, 0.4) is 0 Å². The van der Waals surface area contributed by atoms with E-state index in [2.05, 4.69) is 0 Å². The summed E-state index contributed by atoms with van der Waals surface area (Å²) < 4.78 is 0. The van der Waals surface area contributed by atoms with Crippen molar-refractivity contribution in [1.29, 1.82) is 0 Å². The van der Waals surface area contributed by atoms with E-state index in [1.807, 2.05) is 11.4 Å². The van der Waals surface area contributed by atoms with E-state index in [1.54, 1.807) is 25.2 Å². The zero-order chi connectivity index (χ0) is 10.8. The van der Waals surface area contributed by atoms with Gasteiger partial charge in [-0.05, 0) is 38.1 Å².